The molecule has 1 aromatic carbocycles. The Bertz CT molecular complexity index is 455. The molecule has 0 aliphatic carbocycles. The number of carbonyl (C=O) groups is 2. The van der Waals surface area contributed by atoms with E-state index in [-0.39, 0.29) is 11.3 Å². The molecule has 0 aliphatic rings. The smallest absolute Gasteiger partial charge is 0.377 e. The first-order valence-electron chi connectivity index (χ1n) is 4.79. The lowest BCUT2D eigenvalue weighted by Crippen LogP contribution is -2.15. The van der Waals surface area contributed by atoms with E-state index in [0.717, 1.165) is 0 Å². The van der Waals surface area contributed by atoms with Gasteiger partial charge in [-0.1, -0.05) is 0 Å². The highest BCUT2D eigenvalue weighted by Crippen LogP contribution is 2.36. The van der Waals surface area contributed by atoms with Gasteiger partial charge < -0.3 is 14.6 Å². The third-order valence-corrected chi connectivity index (χ3v) is 2.66. The Hall–Kier alpha value is -1.56. The molecule has 0 aliphatic heterocycles. The SMILES string of the molecule is CCOc1c(OC)ccc(Br)c1C(=O)C(=O)O. The average molecular weight is 303 g/mol. The molecule has 0 radical (unpaired) electrons. The van der Waals surface area contributed by atoms with E-state index in [2.05, 4.69) is 15.9 Å². The summed E-state index contributed by atoms with van der Waals surface area (Å²) in [5, 5.41) is 8.75. The van der Waals surface area contributed by atoms with Crippen molar-refractivity contribution in [2.24, 2.45) is 0 Å². The molecular formula is C11H11BrO5. The van der Waals surface area contributed by atoms with E-state index >= 15 is 0 Å². The van der Waals surface area contributed by atoms with Crippen LogP contribution >= 0.6 is 15.9 Å². The van der Waals surface area contributed by atoms with E-state index in [1.807, 2.05) is 0 Å². The van der Waals surface area contributed by atoms with Crippen LogP contribution in [0.15, 0.2) is 16.6 Å². The number of Topliss-reactive ketones (excluding diaryl/α,β-unsaturated/α-hetero) is 1. The van der Waals surface area contributed by atoms with Crippen molar-refractivity contribution in [1.29, 1.82) is 0 Å². The lowest BCUT2D eigenvalue weighted by molar-refractivity contribution is -0.131. The maximum absolute atomic E-state index is 11.6. The van der Waals surface area contributed by atoms with Gasteiger partial charge in [-0.3, -0.25) is 4.79 Å². The van der Waals surface area contributed by atoms with Crippen molar-refractivity contribution in [3.8, 4) is 11.5 Å². The number of hydrogen-bond donors (Lipinski definition) is 1. The molecule has 0 fully saturated rings. The van der Waals surface area contributed by atoms with Crippen LogP contribution in [0.25, 0.3) is 0 Å². The standard InChI is InChI=1S/C11H11BrO5/c1-3-17-10-7(16-2)5-4-6(12)8(10)9(13)11(14)15/h4-5H,3H2,1-2H3,(H,14,15). The van der Waals surface area contributed by atoms with E-state index in [1.165, 1.54) is 13.2 Å². The number of benzene rings is 1. The van der Waals surface area contributed by atoms with Gasteiger partial charge in [0.1, 0.15) is 0 Å². The van der Waals surface area contributed by atoms with Crippen LogP contribution in [0.5, 0.6) is 11.5 Å². The molecular weight excluding hydrogens is 292 g/mol. The van der Waals surface area contributed by atoms with Crippen LogP contribution in [0.1, 0.15) is 17.3 Å². The number of aliphatic carboxylic acids is 1. The molecule has 1 rings (SSSR count). The first-order chi connectivity index (χ1) is 8.02. The van der Waals surface area contributed by atoms with Crippen LogP contribution in [0.2, 0.25) is 0 Å². The fraction of sp³-hybridized carbons (Fsp3) is 0.273. The van der Waals surface area contributed by atoms with Crippen LogP contribution < -0.4 is 9.47 Å². The second-order valence-electron chi connectivity index (χ2n) is 3.02. The minimum atomic E-state index is -1.54. The van der Waals surface area contributed by atoms with E-state index < -0.39 is 11.8 Å². The number of carbonyl (C=O) groups excluding carboxylic acids is 1. The summed E-state index contributed by atoms with van der Waals surface area (Å²) < 4.78 is 10.7. The average Bonchev–Trinajstić information content (AvgIpc) is 2.29. The summed E-state index contributed by atoms with van der Waals surface area (Å²) in [6, 6.07) is 3.13. The van der Waals surface area contributed by atoms with Gasteiger partial charge in [0.2, 0.25) is 0 Å². The highest BCUT2D eigenvalue weighted by Gasteiger charge is 2.25. The molecule has 0 bridgehead atoms. The van der Waals surface area contributed by atoms with Gasteiger partial charge in [0, 0.05) is 4.47 Å². The topological polar surface area (TPSA) is 72.8 Å². The van der Waals surface area contributed by atoms with E-state index in [4.69, 9.17) is 14.6 Å². The summed E-state index contributed by atoms with van der Waals surface area (Å²) in [7, 11) is 1.42. The number of rotatable bonds is 5. The van der Waals surface area contributed by atoms with Gasteiger partial charge in [0.25, 0.3) is 5.78 Å². The van der Waals surface area contributed by atoms with Crippen LogP contribution in [0.4, 0.5) is 0 Å². The zero-order valence-electron chi connectivity index (χ0n) is 9.32. The highest BCUT2D eigenvalue weighted by atomic mass is 79.9. The largest absolute Gasteiger partial charge is 0.493 e. The van der Waals surface area contributed by atoms with Crippen molar-refractivity contribution >= 4 is 27.7 Å². The molecule has 0 atom stereocenters. The highest BCUT2D eigenvalue weighted by molar-refractivity contribution is 9.10. The zero-order valence-corrected chi connectivity index (χ0v) is 10.9. The Morgan fingerprint density at radius 3 is 2.53 bits per heavy atom. The quantitative estimate of drug-likeness (QED) is 0.666. The minimum absolute atomic E-state index is 0.0429. The lowest BCUT2D eigenvalue weighted by Gasteiger charge is -2.13. The summed E-state index contributed by atoms with van der Waals surface area (Å²) >= 11 is 3.13. The number of carboxylic acids is 1. The Labute approximate surface area is 106 Å². The van der Waals surface area contributed by atoms with Gasteiger partial charge in [0.15, 0.2) is 11.5 Å². The molecule has 0 heterocycles. The Balaban J connectivity index is 3.43. The molecule has 0 spiro atoms. The third kappa shape index (κ3) is 2.76. The summed E-state index contributed by atoms with van der Waals surface area (Å²) in [5.74, 6) is -2.13. The first-order valence-corrected chi connectivity index (χ1v) is 5.59. The third-order valence-electron chi connectivity index (χ3n) is 2.00. The van der Waals surface area contributed by atoms with Gasteiger partial charge in [-0.15, -0.1) is 0 Å². The molecule has 1 N–H and O–H groups in total. The van der Waals surface area contributed by atoms with E-state index in [1.54, 1.807) is 13.0 Å². The summed E-state index contributed by atoms with van der Waals surface area (Å²) in [6.07, 6.45) is 0. The fourth-order valence-electron chi connectivity index (χ4n) is 1.31. The second kappa shape index (κ2) is 5.67. The van der Waals surface area contributed by atoms with Gasteiger partial charge >= 0.3 is 5.97 Å². The van der Waals surface area contributed by atoms with Crippen molar-refractivity contribution in [3.63, 3.8) is 0 Å². The van der Waals surface area contributed by atoms with Crippen molar-refractivity contribution in [2.75, 3.05) is 13.7 Å². The number of hydrogen-bond acceptors (Lipinski definition) is 4. The summed E-state index contributed by atoms with van der Waals surface area (Å²) in [5.41, 5.74) is -0.0429. The Morgan fingerprint density at radius 1 is 1.41 bits per heavy atom. The summed E-state index contributed by atoms with van der Waals surface area (Å²) in [6.45, 7) is 2.03. The molecule has 6 heteroatoms. The van der Waals surface area contributed by atoms with Crippen LogP contribution in [0, 0.1) is 0 Å². The van der Waals surface area contributed by atoms with Crippen molar-refractivity contribution in [1.82, 2.24) is 0 Å². The first kappa shape index (κ1) is 13.5. The molecule has 0 unspecified atom stereocenters. The van der Waals surface area contributed by atoms with Gasteiger partial charge in [0.05, 0.1) is 19.3 Å². The fourth-order valence-corrected chi connectivity index (χ4v) is 1.80. The Morgan fingerprint density at radius 2 is 2.06 bits per heavy atom. The van der Waals surface area contributed by atoms with Crippen LogP contribution in [-0.2, 0) is 4.79 Å². The number of ether oxygens (including phenoxy) is 2. The van der Waals surface area contributed by atoms with Gasteiger partial charge in [-0.25, -0.2) is 4.79 Å². The number of carboxylic acid groups (broad SMARTS) is 1. The second-order valence-corrected chi connectivity index (χ2v) is 3.88. The molecule has 92 valence electrons. The maximum Gasteiger partial charge on any atom is 0.377 e. The van der Waals surface area contributed by atoms with Crippen LogP contribution in [0.3, 0.4) is 0 Å². The Kier molecular flexibility index (Phi) is 4.51. The van der Waals surface area contributed by atoms with Crippen molar-refractivity contribution in [2.45, 2.75) is 6.92 Å². The van der Waals surface area contributed by atoms with Crippen molar-refractivity contribution in [3.05, 3.63) is 22.2 Å². The van der Waals surface area contributed by atoms with Gasteiger partial charge in [-0.2, -0.15) is 0 Å². The molecule has 17 heavy (non-hydrogen) atoms. The zero-order chi connectivity index (χ0) is 13.0. The monoisotopic (exact) mass is 302 g/mol. The molecule has 0 aromatic heterocycles. The number of ketones is 1. The minimum Gasteiger partial charge on any atom is -0.493 e. The van der Waals surface area contributed by atoms with E-state index in [0.29, 0.717) is 16.8 Å². The molecule has 1 aromatic rings. The molecule has 0 saturated carbocycles. The number of halogens is 1. The van der Waals surface area contributed by atoms with Crippen LogP contribution in [-0.4, -0.2) is 30.6 Å². The predicted octanol–water partition coefficient (Wildman–Crippen LogP) is 2.12. The predicted molar refractivity (Wildman–Crippen MR) is 63.8 cm³/mol. The van der Waals surface area contributed by atoms with E-state index in [9.17, 15) is 9.59 Å². The van der Waals surface area contributed by atoms with Gasteiger partial charge in [-0.05, 0) is 35.0 Å². The lowest BCUT2D eigenvalue weighted by atomic mass is 10.1. The molecule has 0 saturated heterocycles. The summed E-state index contributed by atoms with van der Waals surface area (Å²) in [4.78, 5) is 22.3. The van der Waals surface area contributed by atoms with Crippen molar-refractivity contribution < 1.29 is 24.2 Å². The number of methoxy groups -OCH3 is 1. The molecule has 5 nitrogen and oxygen atoms in total. The normalized spacial score (nSPS) is 9.82. The molecule has 0 amide bonds. The maximum atomic E-state index is 11.6.